The van der Waals surface area contributed by atoms with Gasteiger partial charge in [-0.25, -0.2) is 0 Å². The van der Waals surface area contributed by atoms with Crippen LogP contribution in [0.2, 0.25) is 0 Å². The molecule has 0 saturated heterocycles. The molecular weight excluding hydrogens is 531 g/mol. The number of amides is 1. The Morgan fingerprint density at radius 1 is 1.00 bits per heavy atom. The quantitative estimate of drug-likeness (QED) is 0.204. The molecule has 1 atom stereocenters. The van der Waals surface area contributed by atoms with E-state index in [0.717, 1.165) is 41.7 Å². The Bertz CT molecular complexity index is 888. The highest BCUT2D eigenvalue weighted by atomic mass is 127. The molecule has 0 aliphatic rings. The smallest absolute Gasteiger partial charge is 0.221 e. The van der Waals surface area contributed by atoms with Crippen molar-refractivity contribution in [2.45, 2.75) is 47.1 Å². The molecule has 33 heavy (non-hydrogen) atoms. The summed E-state index contributed by atoms with van der Waals surface area (Å²) in [5.41, 5.74) is 3.06. The Balaban J connectivity index is 0.00000544. The van der Waals surface area contributed by atoms with Crippen molar-refractivity contribution in [1.82, 2.24) is 10.6 Å². The van der Waals surface area contributed by atoms with E-state index >= 15 is 0 Å². The third-order valence-electron chi connectivity index (χ3n) is 4.71. The van der Waals surface area contributed by atoms with E-state index in [9.17, 15) is 4.79 Å². The minimum atomic E-state index is -0.0706. The molecule has 0 radical (unpaired) electrons. The fraction of sp³-hybridized carbons (Fsp3) is 0.440. The van der Waals surface area contributed by atoms with Crippen molar-refractivity contribution >= 4 is 41.5 Å². The molecule has 0 spiro atoms. The largest absolute Gasteiger partial charge is 0.490 e. The molecule has 7 nitrogen and oxygen atoms in total. The fourth-order valence-corrected chi connectivity index (χ4v) is 3.20. The number of anilines is 1. The Morgan fingerprint density at radius 3 is 2.27 bits per heavy atom. The molecule has 2 rings (SSSR count). The van der Waals surface area contributed by atoms with Crippen molar-refractivity contribution < 1.29 is 14.3 Å². The highest BCUT2D eigenvalue weighted by Crippen LogP contribution is 2.30. The van der Waals surface area contributed by atoms with Crippen LogP contribution in [0.15, 0.2) is 47.5 Å². The second kappa shape index (κ2) is 15.4. The van der Waals surface area contributed by atoms with Crippen LogP contribution in [-0.4, -0.2) is 38.2 Å². The van der Waals surface area contributed by atoms with E-state index in [0.29, 0.717) is 19.8 Å². The lowest BCUT2D eigenvalue weighted by atomic mass is 10.1. The Morgan fingerprint density at radius 2 is 1.67 bits per heavy atom. The molecule has 8 heteroatoms. The highest BCUT2D eigenvalue weighted by Gasteiger charge is 2.12. The molecule has 182 valence electrons. The number of aliphatic imine (C=N–C) groups is 1. The summed E-state index contributed by atoms with van der Waals surface area (Å²) in [6.45, 7) is 12.2. The summed E-state index contributed by atoms with van der Waals surface area (Å²) in [6.07, 6.45) is 0.808. The SMILES string of the molecule is CCNC(=NCCc1ccc(NC(C)=O)cc1)NC(C)c1ccc(OCC)c(OCC)c1.I. The van der Waals surface area contributed by atoms with Crippen molar-refractivity contribution in [1.29, 1.82) is 0 Å². The Labute approximate surface area is 214 Å². The van der Waals surface area contributed by atoms with Crippen LogP contribution in [0.5, 0.6) is 11.5 Å². The second-order valence-corrected chi connectivity index (χ2v) is 7.33. The fourth-order valence-electron chi connectivity index (χ4n) is 3.20. The molecule has 0 aliphatic heterocycles. The van der Waals surface area contributed by atoms with Gasteiger partial charge in [-0.1, -0.05) is 18.2 Å². The third kappa shape index (κ3) is 9.89. The second-order valence-electron chi connectivity index (χ2n) is 7.33. The minimum Gasteiger partial charge on any atom is -0.490 e. The first-order chi connectivity index (χ1) is 15.5. The number of ether oxygens (including phenoxy) is 2. The zero-order valence-corrected chi connectivity index (χ0v) is 22.6. The van der Waals surface area contributed by atoms with E-state index in [1.807, 2.05) is 63.2 Å². The van der Waals surface area contributed by atoms with Gasteiger partial charge in [0.05, 0.1) is 19.3 Å². The number of hydrogen-bond donors (Lipinski definition) is 3. The predicted molar refractivity (Wildman–Crippen MR) is 146 cm³/mol. The lowest BCUT2D eigenvalue weighted by Crippen LogP contribution is -2.38. The number of rotatable bonds is 11. The monoisotopic (exact) mass is 568 g/mol. The minimum absolute atomic E-state index is 0. The summed E-state index contributed by atoms with van der Waals surface area (Å²) in [6, 6.07) is 13.9. The van der Waals surface area contributed by atoms with Crippen molar-refractivity contribution in [2.75, 3.05) is 31.6 Å². The van der Waals surface area contributed by atoms with Gasteiger partial charge in [-0.3, -0.25) is 9.79 Å². The van der Waals surface area contributed by atoms with E-state index in [4.69, 9.17) is 14.5 Å². The summed E-state index contributed by atoms with van der Waals surface area (Å²) in [5, 5.41) is 9.55. The van der Waals surface area contributed by atoms with E-state index in [1.54, 1.807) is 0 Å². The van der Waals surface area contributed by atoms with Gasteiger partial charge in [-0.05, 0) is 69.5 Å². The molecule has 0 aromatic heterocycles. The van der Waals surface area contributed by atoms with E-state index < -0.39 is 0 Å². The normalized spacial score (nSPS) is 11.7. The van der Waals surface area contributed by atoms with Crippen LogP contribution in [0.3, 0.4) is 0 Å². The first kappa shape index (κ1) is 28.5. The summed E-state index contributed by atoms with van der Waals surface area (Å²) < 4.78 is 11.4. The highest BCUT2D eigenvalue weighted by molar-refractivity contribution is 14.0. The van der Waals surface area contributed by atoms with Crippen molar-refractivity contribution in [3.63, 3.8) is 0 Å². The van der Waals surface area contributed by atoms with Crippen LogP contribution in [0.25, 0.3) is 0 Å². The van der Waals surface area contributed by atoms with Gasteiger partial charge >= 0.3 is 0 Å². The molecule has 2 aromatic carbocycles. The van der Waals surface area contributed by atoms with Crippen LogP contribution in [0.4, 0.5) is 5.69 Å². The number of halogens is 1. The number of nitrogens with zero attached hydrogens (tertiary/aromatic N) is 1. The van der Waals surface area contributed by atoms with E-state index in [2.05, 4.69) is 22.9 Å². The molecule has 1 unspecified atom stereocenters. The molecular formula is C25H37IN4O3. The van der Waals surface area contributed by atoms with Crippen LogP contribution >= 0.6 is 24.0 Å². The molecule has 1 amide bonds. The van der Waals surface area contributed by atoms with E-state index in [-0.39, 0.29) is 35.9 Å². The van der Waals surface area contributed by atoms with Crippen molar-refractivity contribution in [3.8, 4) is 11.5 Å². The van der Waals surface area contributed by atoms with Gasteiger partial charge in [0.25, 0.3) is 0 Å². The van der Waals surface area contributed by atoms with Gasteiger partial charge in [0.2, 0.25) is 5.91 Å². The molecule has 0 fully saturated rings. The summed E-state index contributed by atoms with van der Waals surface area (Å²) in [7, 11) is 0. The van der Waals surface area contributed by atoms with E-state index in [1.165, 1.54) is 12.5 Å². The maximum atomic E-state index is 11.1. The molecule has 2 aromatic rings. The molecule has 3 N–H and O–H groups in total. The third-order valence-corrected chi connectivity index (χ3v) is 4.71. The number of hydrogen-bond acceptors (Lipinski definition) is 4. The average Bonchev–Trinajstić information content (AvgIpc) is 2.76. The molecule has 0 heterocycles. The van der Waals surface area contributed by atoms with Gasteiger partial charge in [0.1, 0.15) is 0 Å². The summed E-state index contributed by atoms with van der Waals surface area (Å²) in [4.78, 5) is 15.9. The van der Waals surface area contributed by atoms with Gasteiger partial charge in [-0.15, -0.1) is 24.0 Å². The van der Waals surface area contributed by atoms with Gasteiger partial charge < -0.3 is 25.4 Å². The summed E-state index contributed by atoms with van der Waals surface area (Å²) in [5.74, 6) is 2.21. The maximum Gasteiger partial charge on any atom is 0.221 e. The number of benzene rings is 2. The molecule has 0 aliphatic carbocycles. The lowest BCUT2D eigenvalue weighted by molar-refractivity contribution is -0.114. The average molecular weight is 569 g/mol. The van der Waals surface area contributed by atoms with Crippen molar-refractivity contribution in [2.24, 2.45) is 4.99 Å². The van der Waals surface area contributed by atoms with Crippen molar-refractivity contribution in [3.05, 3.63) is 53.6 Å². The molecule has 0 bridgehead atoms. The maximum absolute atomic E-state index is 11.1. The van der Waals surface area contributed by atoms with Gasteiger partial charge in [0.15, 0.2) is 17.5 Å². The van der Waals surface area contributed by atoms with Crippen LogP contribution in [-0.2, 0) is 11.2 Å². The number of nitrogens with one attached hydrogen (secondary N) is 3. The van der Waals surface area contributed by atoms with Gasteiger partial charge in [0, 0.05) is 25.7 Å². The zero-order valence-electron chi connectivity index (χ0n) is 20.2. The predicted octanol–water partition coefficient (Wildman–Crippen LogP) is 4.92. The Kier molecular flexibility index (Phi) is 13.3. The van der Waals surface area contributed by atoms with Crippen LogP contribution in [0.1, 0.15) is 51.8 Å². The topological polar surface area (TPSA) is 84.0 Å². The number of guanidine groups is 1. The first-order valence-corrected chi connectivity index (χ1v) is 11.3. The Hall–Kier alpha value is -2.49. The van der Waals surface area contributed by atoms with Crippen LogP contribution < -0.4 is 25.4 Å². The standard InChI is InChI=1S/C25H36N4O3.HI/c1-6-26-25(27-16-15-20-9-12-22(13-10-20)29-19(5)30)28-18(4)21-11-14-23(31-7-2)24(17-21)32-8-3;/h9-14,17-18H,6-8,15-16H2,1-5H3,(H,29,30)(H2,26,27,28);1H. The lowest BCUT2D eigenvalue weighted by Gasteiger charge is -2.20. The number of carbonyl (C=O) groups excluding carboxylic acids is 1. The zero-order chi connectivity index (χ0) is 23.3. The van der Waals surface area contributed by atoms with Crippen LogP contribution in [0, 0.1) is 0 Å². The number of carbonyl (C=O) groups is 1. The first-order valence-electron chi connectivity index (χ1n) is 11.3. The van der Waals surface area contributed by atoms with Gasteiger partial charge in [-0.2, -0.15) is 0 Å². The summed E-state index contributed by atoms with van der Waals surface area (Å²) >= 11 is 0. The molecule has 0 saturated carbocycles.